The van der Waals surface area contributed by atoms with E-state index in [1.54, 1.807) is 6.92 Å². The van der Waals surface area contributed by atoms with Crippen molar-refractivity contribution in [3.8, 4) is 0 Å². The predicted octanol–water partition coefficient (Wildman–Crippen LogP) is 6.07. The summed E-state index contributed by atoms with van der Waals surface area (Å²) in [5, 5.41) is 15.9. The lowest BCUT2D eigenvalue weighted by Crippen LogP contribution is -2.48. The molecule has 1 amide bonds. The summed E-state index contributed by atoms with van der Waals surface area (Å²) in [4.78, 5) is 15.8. The summed E-state index contributed by atoms with van der Waals surface area (Å²) in [7, 11) is 0. The standard InChI is InChI=1S/C28H41F4N5OS/c1-3-37-15-22(25(35-37)28(30,31)32)20-11-17(14-36-8-9-39-27(36)33)12-21(13-20)26(38)34-24(18-4-5-18)19-6-7-23(29)16(2)10-19/h15-21,23-24,33H,3-14H2,1-2H3,(H,34,38)/t16?,17?,19?,20?,21?,23?,24-/m0/s1. The van der Waals surface area contributed by atoms with Gasteiger partial charge in [0.25, 0.3) is 0 Å². The minimum Gasteiger partial charge on any atom is -0.353 e. The summed E-state index contributed by atoms with van der Waals surface area (Å²) in [6.45, 7) is 5.39. The molecule has 3 aliphatic carbocycles. The van der Waals surface area contributed by atoms with E-state index >= 15 is 0 Å². The summed E-state index contributed by atoms with van der Waals surface area (Å²) >= 11 is 1.49. The van der Waals surface area contributed by atoms with Crippen LogP contribution in [0.4, 0.5) is 17.6 Å². The molecule has 4 aliphatic rings. The SMILES string of the molecule is CCn1cc(C2CC(CN3CCSC3=N)CC(C(=O)N[C@@H](C3CC3)C3CCC(F)C(C)C3)C2)c(C(F)(F)F)n1. The van der Waals surface area contributed by atoms with Crippen molar-refractivity contribution in [2.75, 3.05) is 18.8 Å². The maximum atomic E-state index is 14.2. The quantitative estimate of drug-likeness (QED) is 0.371. The fourth-order valence-corrected chi connectivity index (χ4v) is 8.04. The van der Waals surface area contributed by atoms with Crippen LogP contribution in [0.5, 0.6) is 0 Å². The third-order valence-electron chi connectivity index (χ3n) is 9.42. The number of alkyl halides is 4. The number of rotatable bonds is 8. The first kappa shape index (κ1) is 28.7. The van der Waals surface area contributed by atoms with Crippen molar-refractivity contribution >= 4 is 22.8 Å². The molecule has 2 N–H and O–H groups in total. The normalized spacial score (nSPS) is 32.9. The van der Waals surface area contributed by atoms with Gasteiger partial charge in [-0.2, -0.15) is 18.3 Å². The van der Waals surface area contributed by atoms with Crippen molar-refractivity contribution in [3.63, 3.8) is 0 Å². The monoisotopic (exact) mass is 571 g/mol. The number of hydrogen-bond donors (Lipinski definition) is 2. The van der Waals surface area contributed by atoms with Crippen molar-refractivity contribution in [1.82, 2.24) is 20.0 Å². The lowest BCUT2D eigenvalue weighted by Gasteiger charge is -2.39. The van der Waals surface area contributed by atoms with Crippen LogP contribution in [0.1, 0.15) is 82.4 Å². The molecule has 218 valence electrons. The van der Waals surface area contributed by atoms with Crippen molar-refractivity contribution in [2.45, 2.75) is 96.1 Å². The molecule has 1 aliphatic heterocycles. The molecule has 0 bridgehead atoms. The zero-order chi connectivity index (χ0) is 27.9. The van der Waals surface area contributed by atoms with Crippen LogP contribution >= 0.6 is 11.8 Å². The molecule has 7 atom stereocenters. The molecule has 39 heavy (non-hydrogen) atoms. The van der Waals surface area contributed by atoms with Gasteiger partial charge in [-0.05, 0) is 87.9 Å². The number of carbonyl (C=O) groups is 1. The second kappa shape index (κ2) is 11.6. The molecular formula is C28H41F4N5OS. The number of hydrogen-bond acceptors (Lipinski definition) is 4. The first-order valence-electron chi connectivity index (χ1n) is 14.6. The zero-order valence-corrected chi connectivity index (χ0v) is 23.7. The molecule has 2 heterocycles. The number of nitrogens with zero attached hydrogens (tertiary/aromatic N) is 3. The molecular weight excluding hydrogens is 530 g/mol. The molecule has 0 aromatic carbocycles. The van der Waals surface area contributed by atoms with E-state index in [2.05, 4.69) is 10.4 Å². The second-order valence-electron chi connectivity index (χ2n) is 12.3. The van der Waals surface area contributed by atoms with Crippen LogP contribution in [0, 0.1) is 35.0 Å². The summed E-state index contributed by atoms with van der Waals surface area (Å²) in [5.74, 6) is 0.588. The van der Waals surface area contributed by atoms with E-state index in [1.165, 1.54) is 22.6 Å². The number of halogens is 4. The molecule has 0 spiro atoms. The predicted molar refractivity (Wildman–Crippen MR) is 144 cm³/mol. The average molecular weight is 572 g/mol. The first-order chi connectivity index (χ1) is 18.5. The number of nitrogens with one attached hydrogen (secondary N) is 2. The van der Waals surface area contributed by atoms with Crippen LogP contribution < -0.4 is 5.32 Å². The Bertz CT molecular complexity index is 1040. The Labute approximate surface area is 232 Å². The molecule has 4 fully saturated rings. The van der Waals surface area contributed by atoms with Crippen LogP contribution in [-0.2, 0) is 17.5 Å². The Morgan fingerprint density at radius 2 is 1.92 bits per heavy atom. The molecule has 1 saturated heterocycles. The summed E-state index contributed by atoms with van der Waals surface area (Å²) in [6, 6.07) is 0.0167. The second-order valence-corrected chi connectivity index (χ2v) is 13.4. The van der Waals surface area contributed by atoms with E-state index < -0.39 is 29.9 Å². The molecule has 3 saturated carbocycles. The summed E-state index contributed by atoms with van der Waals surface area (Å²) in [6.07, 6.45) is 1.85. The lowest BCUT2D eigenvalue weighted by molar-refractivity contribution is -0.142. The van der Waals surface area contributed by atoms with Gasteiger partial charge in [-0.25, -0.2) is 4.39 Å². The number of aromatic nitrogens is 2. The number of carbonyl (C=O) groups excluding carboxylic acids is 1. The Hall–Kier alpha value is -1.78. The Morgan fingerprint density at radius 1 is 1.18 bits per heavy atom. The van der Waals surface area contributed by atoms with E-state index in [0.717, 1.165) is 38.0 Å². The third kappa shape index (κ3) is 6.59. The molecule has 1 aromatic heterocycles. The van der Waals surface area contributed by atoms with Gasteiger partial charge >= 0.3 is 6.18 Å². The van der Waals surface area contributed by atoms with Gasteiger partial charge in [-0.3, -0.25) is 14.9 Å². The molecule has 6 nitrogen and oxygen atoms in total. The van der Waals surface area contributed by atoms with Gasteiger partial charge in [-0.1, -0.05) is 18.7 Å². The fraction of sp³-hybridized carbons (Fsp3) is 0.821. The zero-order valence-electron chi connectivity index (χ0n) is 22.9. The molecule has 6 unspecified atom stereocenters. The highest BCUT2D eigenvalue weighted by Crippen LogP contribution is 2.46. The average Bonchev–Trinajstić information content (AvgIpc) is 3.50. The van der Waals surface area contributed by atoms with E-state index in [9.17, 15) is 22.4 Å². The maximum Gasteiger partial charge on any atom is 0.435 e. The van der Waals surface area contributed by atoms with Crippen molar-refractivity contribution in [1.29, 1.82) is 5.41 Å². The van der Waals surface area contributed by atoms with E-state index in [0.29, 0.717) is 49.9 Å². The van der Waals surface area contributed by atoms with E-state index in [-0.39, 0.29) is 35.3 Å². The molecule has 1 aromatic rings. The molecule has 11 heteroatoms. The van der Waals surface area contributed by atoms with Crippen LogP contribution in [0.2, 0.25) is 0 Å². The van der Waals surface area contributed by atoms with E-state index in [4.69, 9.17) is 5.41 Å². The van der Waals surface area contributed by atoms with Crippen LogP contribution in [-0.4, -0.2) is 56.8 Å². The summed E-state index contributed by atoms with van der Waals surface area (Å²) < 4.78 is 57.5. The van der Waals surface area contributed by atoms with Crippen LogP contribution in [0.15, 0.2) is 6.20 Å². The van der Waals surface area contributed by atoms with Crippen LogP contribution in [0.25, 0.3) is 0 Å². The van der Waals surface area contributed by atoms with Crippen molar-refractivity contribution in [2.24, 2.45) is 29.6 Å². The number of amidine groups is 1. The number of thioether (sulfide) groups is 1. The number of aryl methyl sites for hydroxylation is 1. The minimum atomic E-state index is -4.56. The fourth-order valence-electron chi connectivity index (χ4n) is 7.19. The maximum absolute atomic E-state index is 14.2. The highest BCUT2D eigenvalue weighted by Gasteiger charge is 2.45. The first-order valence-corrected chi connectivity index (χ1v) is 15.6. The van der Waals surface area contributed by atoms with Gasteiger partial charge in [0.2, 0.25) is 5.91 Å². The largest absolute Gasteiger partial charge is 0.435 e. The van der Waals surface area contributed by atoms with Crippen molar-refractivity contribution < 1.29 is 22.4 Å². The Kier molecular flexibility index (Phi) is 8.55. The third-order valence-corrected chi connectivity index (χ3v) is 10.3. The number of amides is 1. The minimum absolute atomic E-state index is 0.00554. The van der Waals surface area contributed by atoms with Crippen molar-refractivity contribution in [3.05, 3.63) is 17.5 Å². The highest BCUT2D eigenvalue weighted by molar-refractivity contribution is 8.14. The Balaban J connectivity index is 1.36. The van der Waals surface area contributed by atoms with E-state index in [1.807, 2.05) is 11.8 Å². The molecule has 0 radical (unpaired) electrons. The van der Waals surface area contributed by atoms with Gasteiger partial charge in [-0.15, -0.1) is 0 Å². The smallest absolute Gasteiger partial charge is 0.353 e. The summed E-state index contributed by atoms with van der Waals surface area (Å²) in [5.41, 5.74) is -0.655. The Morgan fingerprint density at radius 3 is 2.54 bits per heavy atom. The van der Waals surface area contributed by atoms with Gasteiger partial charge in [0.05, 0.1) is 0 Å². The van der Waals surface area contributed by atoms with Crippen LogP contribution in [0.3, 0.4) is 0 Å². The lowest BCUT2D eigenvalue weighted by atomic mass is 9.71. The van der Waals surface area contributed by atoms with Gasteiger partial charge < -0.3 is 10.2 Å². The molecule has 5 rings (SSSR count). The highest BCUT2D eigenvalue weighted by atomic mass is 32.2. The van der Waals surface area contributed by atoms with Gasteiger partial charge in [0, 0.05) is 49.1 Å². The van der Waals surface area contributed by atoms with Gasteiger partial charge in [0.1, 0.15) is 6.17 Å². The topological polar surface area (TPSA) is 74.0 Å². The van der Waals surface area contributed by atoms with Gasteiger partial charge in [0.15, 0.2) is 10.9 Å².